The van der Waals surface area contributed by atoms with Crippen molar-refractivity contribution >= 4 is 11.9 Å². The molecule has 1 fully saturated rings. The largest absolute Gasteiger partial charge is 0.481 e. The Kier molecular flexibility index (Phi) is 3.58. The van der Waals surface area contributed by atoms with Crippen LogP contribution in [0.5, 0.6) is 0 Å². The Morgan fingerprint density at radius 2 is 2.00 bits per heavy atom. The summed E-state index contributed by atoms with van der Waals surface area (Å²) in [5.41, 5.74) is 0.667. The van der Waals surface area contributed by atoms with Crippen molar-refractivity contribution in [3.05, 3.63) is 42.0 Å². The summed E-state index contributed by atoms with van der Waals surface area (Å²) in [6.45, 7) is 0.566. The van der Waals surface area contributed by atoms with Crippen LogP contribution in [0, 0.1) is 11.7 Å². The van der Waals surface area contributed by atoms with E-state index < -0.39 is 11.9 Å². The fourth-order valence-electron chi connectivity index (χ4n) is 2.37. The fraction of sp³-hybridized carbons (Fsp3) is 0.286. The van der Waals surface area contributed by atoms with Crippen LogP contribution >= 0.6 is 0 Å². The molecule has 0 radical (unpaired) electrons. The van der Waals surface area contributed by atoms with E-state index in [-0.39, 0.29) is 24.0 Å². The van der Waals surface area contributed by atoms with Gasteiger partial charge in [-0.3, -0.25) is 9.59 Å². The van der Waals surface area contributed by atoms with E-state index in [9.17, 15) is 14.0 Å². The second kappa shape index (κ2) is 5.55. The number of benzene rings is 1. The van der Waals surface area contributed by atoms with E-state index in [4.69, 9.17) is 5.11 Å². The summed E-state index contributed by atoms with van der Waals surface area (Å²) in [5.74, 6) is -2.15. The molecule has 22 heavy (non-hydrogen) atoms. The summed E-state index contributed by atoms with van der Waals surface area (Å²) in [6.07, 6.45) is 1.76. The minimum absolute atomic E-state index is 0.135. The molecule has 1 aromatic carbocycles. The maximum atomic E-state index is 12.9. The summed E-state index contributed by atoms with van der Waals surface area (Å²) in [7, 11) is 0. The number of aromatic nitrogens is 3. The number of carboxylic acids is 1. The van der Waals surface area contributed by atoms with E-state index in [1.165, 1.54) is 40.2 Å². The van der Waals surface area contributed by atoms with E-state index in [1.807, 2.05) is 0 Å². The van der Waals surface area contributed by atoms with Crippen molar-refractivity contribution in [1.29, 1.82) is 0 Å². The molecule has 0 bridgehead atoms. The van der Waals surface area contributed by atoms with Gasteiger partial charge in [0, 0.05) is 13.1 Å². The number of carbonyl (C=O) groups is 2. The van der Waals surface area contributed by atoms with Crippen molar-refractivity contribution in [2.45, 2.75) is 6.42 Å². The number of hydrogen-bond donors (Lipinski definition) is 1. The molecule has 7 nitrogen and oxygen atoms in total. The summed E-state index contributed by atoms with van der Waals surface area (Å²) >= 11 is 0. The lowest BCUT2D eigenvalue weighted by atomic mass is 10.1. The summed E-state index contributed by atoms with van der Waals surface area (Å²) in [4.78, 5) is 25.9. The van der Waals surface area contributed by atoms with Gasteiger partial charge in [-0.15, -0.1) is 5.10 Å². The number of carbonyl (C=O) groups excluding carboxylic acids is 1. The molecule has 1 aliphatic heterocycles. The molecular weight excluding hydrogens is 291 g/mol. The van der Waals surface area contributed by atoms with Crippen molar-refractivity contribution in [2.24, 2.45) is 5.92 Å². The Bertz CT molecular complexity index is 713. The molecule has 8 heteroatoms. The van der Waals surface area contributed by atoms with Crippen LogP contribution in [0.3, 0.4) is 0 Å². The van der Waals surface area contributed by atoms with Gasteiger partial charge in [0.15, 0.2) is 5.69 Å². The minimum atomic E-state index is -0.898. The predicted octanol–water partition coefficient (Wildman–Crippen LogP) is 0.953. The molecule has 2 aromatic rings. The zero-order valence-electron chi connectivity index (χ0n) is 11.5. The Morgan fingerprint density at radius 3 is 2.64 bits per heavy atom. The monoisotopic (exact) mass is 304 g/mol. The SMILES string of the molecule is O=C(O)C1CCN(C(=O)c2cnn(-c3ccc(F)cc3)n2)C1. The highest BCUT2D eigenvalue weighted by Gasteiger charge is 2.32. The van der Waals surface area contributed by atoms with Crippen LogP contribution in [0.1, 0.15) is 16.9 Å². The van der Waals surface area contributed by atoms with Crippen molar-refractivity contribution in [3.63, 3.8) is 0 Å². The first-order valence-corrected chi connectivity index (χ1v) is 6.75. The van der Waals surface area contributed by atoms with Crippen LogP contribution in [0.15, 0.2) is 30.5 Å². The first-order chi connectivity index (χ1) is 10.5. The Balaban J connectivity index is 1.75. The zero-order chi connectivity index (χ0) is 15.7. The average molecular weight is 304 g/mol. The van der Waals surface area contributed by atoms with Crippen LogP contribution in [0.25, 0.3) is 5.69 Å². The Labute approximate surface area is 125 Å². The van der Waals surface area contributed by atoms with E-state index in [1.54, 1.807) is 0 Å². The Hall–Kier alpha value is -2.77. The van der Waals surface area contributed by atoms with Gasteiger partial charge in [-0.05, 0) is 30.7 Å². The van der Waals surface area contributed by atoms with Crippen molar-refractivity contribution in [2.75, 3.05) is 13.1 Å². The third-order valence-corrected chi connectivity index (χ3v) is 3.59. The van der Waals surface area contributed by atoms with Gasteiger partial charge in [0.25, 0.3) is 5.91 Å². The summed E-state index contributed by atoms with van der Waals surface area (Å²) in [5, 5.41) is 17.0. The van der Waals surface area contributed by atoms with E-state index in [0.29, 0.717) is 18.7 Å². The number of amides is 1. The van der Waals surface area contributed by atoms with Gasteiger partial charge in [-0.1, -0.05) is 0 Å². The lowest BCUT2D eigenvalue weighted by molar-refractivity contribution is -0.141. The van der Waals surface area contributed by atoms with Crippen molar-refractivity contribution < 1.29 is 19.1 Å². The molecule has 1 N–H and O–H groups in total. The normalized spacial score (nSPS) is 17.7. The number of likely N-dealkylation sites (tertiary alicyclic amines) is 1. The van der Waals surface area contributed by atoms with E-state index >= 15 is 0 Å². The Morgan fingerprint density at radius 1 is 1.27 bits per heavy atom. The zero-order valence-corrected chi connectivity index (χ0v) is 11.5. The smallest absolute Gasteiger partial charge is 0.308 e. The predicted molar refractivity (Wildman–Crippen MR) is 73.0 cm³/mol. The molecule has 1 saturated heterocycles. The molecule has 1 aromatic heterocycles. The molecule has 0 saturated carbocycles. The number of nitrogens with zero attached hydrogens (tertiary/aromatic N) is 4. The van der Waals surface area contributed by atoms with Gasteiger partial charge in [0.2, 0.25) is 0 Å². The van der Waals surface area contributed by atoms with Gasteiger partial charge in [0.05, 0.1) is 17.8 Å². The lowest BCUT2D eigenvalue weighted by Crippen LogP contribution is -2.30. The van der Waals surface area contributed by atoms with Gasteiger partial charge < -0.3 is 10.0 Å². The first kappa shape index (κ1) is 14.2. The molecule has 1 amide bonds. The molecule has 0 spiro atoms. The molecule has 3 rings (SSSR count). The van der Waals surface area contributed by atoms with E-state index in [2.05, 4.69) is 10.2 Å². The van der Waals surface area contributed by atoms with Gasteiger partial charge in [-0.25, -0.2) is 4.39 Å². The van der Waals surface area contributed by atoms with Crippen molar-refractivity contribution in [1.82, 2.24) is 19.9 Å². The number of halogens is 1. The van der Waals surface area contributed by atoms with Gasteiger partial charge >= 0.3 is 5.97 Å². The summed E-state index contributed by atoms with van der Waals surface area (Å²) < 4.78 is 12.9. The van der Waals surface area contributed by atoms with Crippen LogP contribution in [-0.2, 0) is 4.79 Å². The van der Waals surface area contributed by atoms with Crippen LogP contribution in [0.2, 0.25) is 0 Å². The number of hydrogen-bond acceptors (Lipinski definition) is 4. The molecule has 0 aliphatic carbocycles. The maximum Gasteiger partial charge on any atom is 0.308 e. The van der Waals surface area contributed by atoms with Gasteiger partial charge in [-0.2, -0.15) is 9.90 Å². The highest BCUT2D eigenvalue weighted by molar-refractivity contribution is 5.92. The van der Waals surface area contributed by atoms with Crippen molar-refractivity contribution in [3.8, 4) is 5.69 Å². The van der Waals surface area contributed by atoms with Crippen LogP contribution < -0.4 is 0 Å². The number of aliphatic carboxylic acids is 1. The number of carboxylic acid groups (broad SMARTS) is 1. The average Bonchev–Trinajstić information content (AvgIpc) is 3.17. The van der Waals surface area contributed by atoms with Gasteiger partial charge in [0.1, 0.15) is 5.82 Å². The fourth-order valence-corrected chi connectivity index (χ4v) is 2.37. The molecule has 1 atom stereocenters. The highest BCUT2D eigenvalue weighted by Crippen LogP contribution is 2.18. The topological polar surface area (TPSA) is 88.3 Å². The van der Waals surface area contributed by atoms with E-state index in [0.717, 1.165) is 0 Å². The first-order valence-electron chi connectivity index (χ1n) is 6.75. The minimum Gasteiger partial charge on any atom is -0.481 e. The number of rotatable bonds is 3. The highest BCUT2D eigenvalue weighted by atomic mass is 19.1. The molecule has 2 heterocycles. The standard InChI is InChI=1S/C14H13FN4O3/c15-10-1-3-11(4-2-10)19-16-7-12(17-19)13(20)18-6-5-9(8-18)14(21)22/h1-4,7,9H,5-6,8H2,(H,21,22). The molecule has 1 aliphatic rings. The molecule has 1 unspecified atom stereocenters. The maximum absolute atomic E-state index is 12.9. The third kappa shape index (κ3) is 2.67. The van der Waals surface area contributed by atoms with Crippen LogP contribution in [-0.4, -0.2) is 50.0 Å². The summed E-state index contributed by atoms with van der Waals surface area (Å²) in [6, 6.07) is 5.55. The lowest BCUT2D eigenvalue weighted by Gasteiger charge is -2.13. The third-order valence-electron chi connectivity index (χ3n) is 3.59. The van der Waals surface area contributed by atoms with Crippen LogP contribution in [0.4, 0.5) is 4.39 Å². The second-order valence-corrected chi connectivity index (χ2v) is 5.07. The molecule has 114 valence electrons. The molecular formula is C14H13FN4O3. The quantitative estimate of drug-likeness (QED) is 0.912. The second-order valence-electron chi connectivity index (χ2n) is 5.07.